The molecular formula is C14H24O. The zero-order chi connectivity index (χ0) is 11.0. The summed E-state index contributed by atoms with van der Waals surface area (Å²) in [4.78, 5) is 11.0. The molecule has 0 aliphatic heterocycles. The second kappa shape index (κ2) is 4.27. The molecule has 2 rings (SSSR count). The Bertz CT molecular complexity index is 230. The molecule has 2 fully saturated rings. The van der Waals surface area contributed by atoms with Crippen LogP contribution in [0.3, 0.4) is 0 Å². The molecule has 0 saturated heterocycles. The summed E-state index contributed by atoms with van der Waals surface area (Å²) in [6, 6.07) is 0. The van der Waals surface area contributed by atoms with E-state index in [4.69, 9.17) is 0 Å². The maximum Gasteiger partial charge on any atom is 0.129 e. The summed E-state index contributed by atoms with van der Waals surface area (Å²) in [6.45, 7) is 6.59. The third-order valence-electron chi connectivity index (χ3n) is 5.10. The highest BCUT2D eigenvalue weighted by atomic mass is 16.1. The second-order valence-corrected chi connectivity index (χ2v) is 6.05. The summed E-state index contributed by atoms with van der Waals surface area (Å²) in [5.41, 5.74) is 0. The Kier molecular flexibility index (Phi) is 3.18. The summed E-state index contributed by atoms with van der Waals surface area (Å²) in [7, 11) is 0. The van der Waals surface area contributed by atoms with Crippen LogP contribution in [0.2, 0.25) is 0 Å². The molecule has 1 heteroatoms. The first-order valence-corrected chi connectivity index (χ1v) is 6.57. The Labute approximate surface area is 93.6 Å². The molecular weight excluding hydrogens is 184 g/mol. The minimum absolute atomic E-state index is 0.369. The van der Waals surface area contributed by atoms with E-state index in [1.165, 1.54) is 19.3 Å². The van der Waals surface area contributed by atoms with Gasteiger partial charge in [-0.25, -0.2) is 0 Å². The predicted octanol–water partition coefficient (Wildman–Crippen LogP) is 3.67. The van der Waals surface area contributed by atoms with Crippen molar-refractivity contribution in [2.75, 3.05) is 0 Å². The fourth-order valence-corrected chi connectivity index (χ4v) is 3.89. The standard InChI is InChI=1S/C14H24O/c1-9(15)4-5-12-6-13-8-14(7-12)11(3)10(13)2/h10-14H,4-8H2,1-3H3. The molecule has 2 saturated carbocycles. The molecule has 86 valence electrons. The van der Waals surface area contributed by atoms with Gasteiger partial charge in [0.2, 0.25) is 0 Å². The van der Waals surface area contributed by atoms with E-state index < -0.39 is 0 Å². The quantitative estimate of drug-likeness (QED) is 0.691. The van der Waals surface area contributed by atoms with E-state index in [9.17, 15) is 4.79 Å². The lowest BCUT2D eigenvalue weighted by Gasteiger charge is -2.28. The van der Waals surface area contributed by atoms with Crippen LogP contribution in [0.25, 0.3) is 0 Å². The topological polar surface area (TPSA) is 17.1 Å². The minimum atomic E-state index is 0.369. The van der Waals surface area contributed by atoms with Crippen LogP contribution in [0, 0.1) is 29.6 Å². The third-order valence-corrected chi connectivity index (χ3v) is 5.10. The smallest absolute Gasteiger partial charge is 0.129 e. The summed E-state index contributed by atoms with van der Waals surface area (Å²) in [6.07, 6.45) is 6.23. The van der Waals surface area contributed by atoms with E-state index >= 15 is 0 Å². The van der Waals surface area contributed by atoms with E-state index in [1.54, 1.807) is 6.92 Å². The van der Waals surface area contributed by atoms with Crippen LogP contribution in [-0.4, -0.2) is 5.78 Å². The average Bonchev–Trinajstić information content (AvgIpc) is 2.40. The third kappa shape index (κ3) is 2.26. The highest BCUT2D eigenvalue weighted by Crippen LogP contribution is 2.52. The molecule has 4 atom stereocenters. The van der Waals surface area contributed by atoms with Crippen LogP contribution in [-0.2, 0) is 4.79 Å². The van der Waals surface area contributed by atoms with Crippen LogP contribution in [0.15, 0.2) is 0 Å². The van der Waals surface area contributed by atoms with E-state index in [2.05, 4.69) is 13.8 Å². The lowest BCUT2D eigenvalue weighted by atomic mass is 9.77. The molecule has 2 aliphatic carbocycles. The van der Waals surface area contributed by atoms with E-state index in [-0.39, 0.29) is 0 Å². The minimum Gasteiger partial charge on any atom is -0.300 e. The SMILES string of the molecule is CC(=O)CCC1CC2CC(C1)C(C)C2C. The van der Waals surface area contributed by atoms with Crippen LogP contribution >= 0.6 is 0 Å². The summed E-state index contributed by atoms with van der Waals surface area (Å²) in [5.74, 6) is 5.01. The van der Waals surface area contributed by atoms with Gasteiger partial charge in [-0.3, -0.25) is 0 Å². The molecule has 2 aliphatic rings. The first-order chi connectivity index (χ1) is 7.08. The lowest BCUT2D eigenvalue weighted by molar-refractivity contribution is -0.117. The molecule has 0 heterocycles. The fourth-order valence-electron chi connectivity index (χ4n) is 3.89. The number of carbonyl (C=O) groups excluding carboxylic acids is 1. The van der Waals surface area contributed by atoms with Gasteiger partial charge in [-0.1, -0.05) is 13.8 Å². The lowest BCUT2D eigenvalue weighted by Crippen LogP contribution is -2.18. The van der Waals surface area contributed by atoms with Crippen LogP contribution in [0.4, 0.5) is 0 Å². The fraction of sp³-hybridized carbons (Fsp3) is 0.929. The number of fused-ring (bicyclic) bond motifs is 2. The molecule has 0 aromatic rings. The van der Waals surface area contributed by atoms with Gasteiger partial charge >= 0.3 is 0 Å². The number of hydrogen-bond donors (Lipinski definition) is 0. The molecule has 0 N–H and O–H groups in total. The van der Waals surface area contributed by atoms with Gasteiger partial charge < -0.3 is 4.79 Å². The van der Waals surface area contributed by atoms with Crippen molar-refractivity contribution >= 4 is 5.78 Å². The maximum absolute atomic E-state index is 11.0. The zero-order valence-electron chi connectivity index (χ0n) is 10.3. The van der Waals surface area contributed by atoms with Gasteiger partial charge in [0.05, 0.1) is 0 Å². The van der Waals surface area contributed by atoms with Crippen molar-refractivity contribution in [1.29, 1.82) is 0 Å². The summed E-state index contributed by atoms with van der Waals surface area (Å²) in [5, 5.41) is 0. The Morgan fingerprint density at radius 2 is 1.60 bits per heavy atom. The number of carbonyl (C=O) groups is 1. The van der Waals surface area contributed by atoms with Crippen LogP contribution < -0.4 is 0 Å². The van der Waals surface area contributed by atoms with Crippen LogP contribution in [0.5, 0.6) is 0 Å². The molecule has 0 aromatic heterocycles. The Morgan fingerprint density at radius 1 is 1.07 bits per heavy atom. The van der Waals surface area contributed by atoms with Crippen molar-refractivity contribution in [2.24, 2.45) is 29.6 Å². The van der Waals surface area contributed by atoms with Gasteiger partial charge in [0.1, 0.15) is 5.78 Å². The van der Waals surface area contributed by atoms with Crippen molar-refractivity contribution in [1.82, 2.24) is 0 Å². The van der Waals surface area contributed by atoms with E-state index in [0.29, 0.717) is 5.78 Å². The number of hydrogen-bond acceptors (Lipinski definition) is 1. The number of ketones is 1. The van der Waals surface area contributed by atoms with Crippen molar-refractivity contribution in [3.05, 3.63) is 0 Å². The largest absolute Gasteiger partial charge is 0.300 e. The average molecular weight is 208 g/mol. The van der Waals surface area contributed by atoms with Gasteiger partial charge in [-0.2, -0.15) is 0 Å². The molecule has 0 radical (unpaired) electrons. The Balaban J connectivity index is 1.89. The number of rotatable bonds is 3. The summed E-state index contributed by atoms with van der Waals surface area (Å²) >= 11 is 0. The molecule has 4 unspecified atom stereocenters. The van der Waals surface area contributed by atoms with Gasteiger partial charge in [0.15, 0.2) is 0 Å². The van der Waals surface area contributed by atoms with Crippen molar-refractivity contribution in [3.8, 4) is 0 Å². The molecule has 0 spiro atoms. The van der Waals surface area contributed by atoms with Gasteiger partial charge in [0.25, 0.3) is 0 Å². The highest BCUT2D eigenvalue weighted by Gasteiger charge is 2.43. The van der Waals surface area contributed by atoms with Crippen molar-refractivity contribution < 1.29 is 4.79 Å². The summed E-state index contributed by atoms with van der Waals surface area (Å²) < 4.78 is 0. The first-order valence-electron chi connectivity index (χ1n) is 6.57. The normalized spacial score (nSPS) is 44.3. The molecule has 0 aromatic carbocycles. The Hall–Kier alpha value is -0.330. The van der Waals surface area contributed by atoms with Gasteiger partial charge in [0, 0.05) is 6.42 Å². The number of Topliss-reactive ketones (excluding diaryl/α,β-unsaturated/α-hetero) is 1. The molecule has 1 nitrogen and oxygen atoms in total. The monoisotopic (exact) mass is 208 g/mol. The first kappa shape index (κ1) is 11.2. The zero-order valence-corrected chi connectivity index (χ0v) is 10.3. The molecule has 2 bridgehead atoms. The molecule has 15 heavy (non-hydrogen) atoms. The van der Waals surface area contributed by atoms with Gasteiger partial charge in [-0.05, 0) is 62.2 Å². The molecule has 0 amide bonds. The maximum atomic E-state index is 11.0. The Morgan fingerprint density at radius 3 is 2.07 bits per heavy atom. The van der Waals surface area contributed by atoms with E-state index in [0.717, 1.165) is 42.4 Å². The second-order valence-electron chi connectivity index (χ2n) is 6.05. The van der Waals surface area contributed by atoms with Crippen molar-refractivity contribution in [3.63, 3.8) is 0 Å². The van der Waals surface area contributed by atoms with E-state index in [1.807, 2.05) is 0 Å². The van der Waals surface area contributed by atoms with Crippen LogP contribution in [0.1, 0.15) is 52.9 Å². The predicted molar refractivity (Wildman–Crippen MR) is 62.6 cm³/mol. The highest BCUT2D eigenvalue weighted by molar-refractivity contribution is 5.75. The van der Waals surface area contributed by atoms with Gasteiger partial charge in [-0.15, -0.1) is 0 Å². The van der Waals surface area contributed by atoms with Crippen molar-refractivity contribution in [2.45, 2.75) is 52.9 Å².